The lowest BCUT2D eigenvalue weighted by Gasteiger charge is -2.23. The summed E-state index contributed by atoms with van der Waals surface area (Å²) in [4.78, 5) is 15.8. The first-order valence-electron chi connectivity index (χ1n) is 5.69. The van der Waals surface area contributed by atoms with E-state index in [2.05, 4.69) is 4.99 Å². The Morgan fingerprint density at radius 3 is 2.74 bits per heavy atom. The Balaban J connectivity index is 2.82. The number of aliphatic imine (C=N–C) groups is 1. The van der Waals surface area contributed by atoms with Crippen molar-refractivity contribution in [2.24, 2.45) is 10.7 Å². The number of methoxy groups -OCH3 is 1. The molecule has 0 spiro atoms. The normalized spacial score (nSPS) is 31.9. The Bertz CT molecular complexity index is 360. The number of ether oxygens (including phenoxy) is 2. The third kappa shape index (κ3) is 3.51. The molecule has 1 saturated heterocycles. The van der Waals surface area contributed by atoms with Gasteiger partial charge in [-0.05, 0) is 6.08 Å². The summed E-state index contributed by atoms with van der Waals surface area (Å²) in [7, 11) is 2.90. The molecule has 0 saturated carbocycles. The van der Waals surface area contributed by atoms with Crippen LogP contribution >= 0.6 is 0 Å². The fraction of sp³-hybridized carbons (Fsp3) is 0.636. The molecule has 1 aliphatic rings. The van der Waals surface area contributed by atoms with E-state index in [1.165, 1.54) is 26.4 Å². The maximum atomic E-state index is 11.0. The van der Waals surface area contributed by atoms with Gasteiger partial charge >= 0.3 is 0 Å². The fourth-order valence-corrected chi connectivity index (χ4v) is 1.82. The highest BCUT2D eigenvalue weighted by molar-refractivity contribution is 5.91. The summed E-state index contributed by atoms with van der Waals surface area (Å²) in [5.74, 6) is 0.223. The largest absolute Gasteiger partial charge is 0.394 e. The van der Waals surface area contributed by atoms with Gasteiger partial charge in [0.2, 0.25) is 6.41 Å². The lowest BCUT2D eigenvalue weighted by molar-refractivity contribution is -0.132. The standard InChI is InChI=1S/C11H19N3O5/c1-13-8(12)3-4-14(6-16)11-9(17)10(18-2)7(5-15)19-11/h3-4,6-7,9-11,15,17H,5H2,1-2H3,(H2,12,13)/b4-3-. The molecule has 8 nitrogen and oxygen atoms in total. The van der Waals surface area contributed by atoms with Crippen molar-refractivity contribution >= 4 is 12.2 Å². The van der Waals surface area contributed by atoms with Crippen LogP contribution in [-0.4, -0.2) is 72.7 Å². The minimum atomic E-state index is -1.07. The number of rotatable bonds is 6. The monoisotopic (exact) mass is 273 g/mol. The van der Waals surface area contributed by atoms with Gasteiger partial charge in [0.1, 0.15) is 24.1 Å². The second kappa shape index (κ2) is 7.19. The molecule has 4 unspecified atom stereocenters. The molecule has 4 N–H and O–H groups in total. The minimum Gasteiger partial charge on any atom is -0.394 e. The number of amides is 1. The predicted molar refractivity (Wildman–Crippen MR) is 67.1 cm³/mol. The summed E-state index contributed by atoms with van der Waals surface area (Å²) in [6.07, 6.45) is -0.188. The van der Waals surface area contributed by atoms with Gasteiger partial charge in [0.05, 0.1) is 6.61 Å². The summed E-state index contributed by atoms with van der Waals surface area (Å²) in [5, 5.41) is 19.2. The van der Waals surface area contributed by atoms with Gasteiger partial charge in [0, 0.05) is 20.4 Å². The maximum Gasteiger partial charge on any atom is 0.215 e. The summed E-state index contributed by atoms with van der Waals surface area (Å²) in [5.41, 5.74) is 5.47. The highest BCUT2D eigenvalue weighted by Gasteiger charge is 2.45. The molecule has 1 amide bonds. The van der Waals surface area contributed by atoms with Gasteiger partial charge in [0.15, 0.2) is 6.23 Å². The maximum absolute atomic E-state index is 11.0. The van der Waals surface area contributed by atoms with Crippen LogP contribution in [-0.2, 0) is 14.3 Å². The van der Waals surface area contributed by atoms with E-state index in [1.807, 2.05) is 0 Å². The zero-order valence-electron chi connectivity index (χ0n) is 10.8. The summed E-state index contributed by atoms with van der Waals surface area (Å²) in [6, 6.07) is 0. The lowest BCUT2D eigenvalue weighted by atomic mass is 10.1. The summed E-state index contributed by atoms with van der Waals surface area (Å²) >= 11 is 0. The van der Waals surface area contributed by atoms with E-state index in [0.717, 1.165) is 4.90 Å². The molecule has 0 bridgehead atoms. The smallest absolute Gasteiger partial charge is 0.215 e. The second-order valence-electron chi connectivity index (χ2n) is 3.96. The van der Waals surface area contributed by atoms with Crippen molar-refractivity contribution in [1.82, 2.24) is 4.90 Å². The average Bonchev–Trinajstić information content (AvgIpc) is 2.75. The van der Waals surface area contributed by atoms with Crippen LogP contribution in [0.2, 0.25) is 0 Å². The van der Waals surface area contributed by atoms with Gasteiger partial charge in [-0.15, -0.1) is 0 Å². The number of carbonyl (C=O) groups excluding carboxylic acids is 1. The molecule has 1 aliphatic heterocycles. The molecule has 108 valence electrons. The van der Waals surface area contributed by atoms with E-state index in [9.17, 15) is 9.90 Å². The van der Waals surface area contributed by atoms with Crippen molar-refractivity contribution in [3.8, 4) is 0 Å². The summed E-state index contributed by atoms with van der Waals surface area (Å²) < 4.78 is 10.4. The Morgan fingerprint density at radius 2 is 2.32 bits per heavy atom. The molecule has 4 atom stereocenters. The SMILES string of the molecule is CN=C(N)/C=C\N(C=O)C1OC(CO)C(OC)C1O. The van der Waals surface area contributed by atoms with E-state index >= 15 is 0 Å². The van der Waals surface area contributed by atoms with Gasteiger partial charge in [-0.25, -0.2) is 0 Å². The van der Waals surface area contributed by atoms with Crippen molar-refractivity contribution in [3.63, 3.8) is 0 Å². The molecule has 0 radical (unpaired) electrons. The third-order valence-corrected chi connectivity index (χ3v) is 2.85. The van der Waals surface area contributed by atoms with Crippen molar-refractivity contribution in [2.75, 3.05) is 20.8 Å². The molecule has 0 aliphatic carbocycles. The Morgan fingerprint density at radius 1 is 1.63 bits per heavy atom. The van der Waals surface area contributed by atoms with Crippen LogP contribution in [0.1, 0.15) is 0 Å². The number of amidine groups is 1. The van der Waals surface area contributed by atoms with Crippen LogP contribution in [0.3, 0.4) is 0 Å². The summed E-state index contributed by atoms with van der Waals surface area (Å²) in [6.45, 7) is -0.318. The number of hydrogen-bond acceptors (Lipinski definition) is 6. The van der Waals surface area contributed by atoms with Gasteiger partial charge in [-0.1, -0.05) is 0 Å². The molecular weight excluding hydrogens is 254 g/mol. The van der Waals surface area contributed by atoms with Crippen molar-refractivity contribution in [1.29, 1.82) is 0 Å². The van der Waals surface area contributed by atoms with Crippen LogP contribution in [0.15, 0.2) is 17.3 Å². The molecule has 0 aromatic rings. The molecular formula is C11H19N3O5. The highest BCUT2D eigenvalue weighted by Crippen LogP contribution is 2.25. The minimum absolute atomic E-state index is 0.223. The second-order valence-corrected chi connectivity index (χ2v) is 3.96. The van der Waals surface area contributed by atoms with Crippen LogP contribution in [0.25, 0.3) is 0 Å². The molecule has 0 aromatic heterocycles. The predicted octanol–water partition coefficient (Wildman–Crippen LogP) is -1.96. The first kappa shape index (κ1) is 15.6. The van der Waals surface area contributed by atoms with Crippen LogP contribution < -0.4 is 5.73 Å². The van der Waals surface area contributed by atoms with E-state index in [-0.39, 0.29) is 12.4 Å². The van der Waals surface area contributed by atoms with Gasteiger partial charge < -0.3 is 25.4 Å². The highest BCUT2D eigenvalue weighted by atomic mass is 16.6. The third-order valence-electron chi connectivity index (χ3n) is 2.85. The topological polar surface area (TPSA) is 118 Å². The lowest BCUT2D eigenvalue weighted by Crippen LogP contribution is -2.41. The molecule has 1 fully saturated rings. The molecule has 19 heavy (non-hydrogen) atoms. The Kier molecular flexibility index (Phi) is 5.90. The average molecular weight is 273 g/mol. The van der Waals surface area contributed by atoms with Gasteiger partial charge in [-0.2, -0.15) is 0 Å². The van der Waals surface area contributed by atoms with Crippen LogP contribution in [0, 0.1) is 0 Å². The Hall–Kier alpha value is -1.48. The molecule has 8 heteroatoms. The van der Waals surface area contributed by atoms with E-state index in [4.69, 9.17) is 20.3 Å². The quantitative estimate of drug-likeness (QED) is 0.294. The Labute approximate surface area is 111 Å². The zero-order chi connectivity index (χ0) is 14.4. The molecule has 1 rings (SSSR count). The number of hydrogen-bond donors (Lipinski definition) is 3. The molecule has 1 heterocycles. The first-order valence-corrected chi connectivity index (χ1v) is 5.69. The number of aliphatic hydroxyl groups is 2. The number of carbonyl (C=O) groups is 1. The van der Waals surface area contributed by atoms with E-state index in [1.54, 1.807) is 0 Å². The fourth-order valence-electron chi connectivity index (χ4n) is 1.82. The van der Waals surface area contributed by atoms with Crippen LogP contribution in [0.5, 0.6) is 0 Å². The van der Waals surface area contributed by atoms with E-state index in [0.29, 0.717) is 6.41 Å². The van der Waals surface area contributed by atoms with Crippen molar-refractivity contribution in [3.05, 3.63) is 12.3 Å². The zero-order valence-corrected chi connectivity index (χ0v) is 10.8. The number of nitrogens with two attached hydrogens (primary N) is 1. The van der Waals surface area contributed by atoms with E-state index < -0.39 is 24.5 Å². The number of aliphatic hydroxyl groups excluding tert-OH is 2. The molecule has 0 aromatic carbocycles. The first-order chi connectivity index (χ1) is 9.08. The number of nitrogens with zero attached hydrogens (tertiary/aromatic N) is 2. The van der Waals surface area contributed by atoms with Crippen LogP contribution in [0.4, 0.5) is 0 Å². The van der Waals surface area contributed by atoms with Crippen molar-refractivity contribution < 1.29 is 24.5 Å². The van der Waals surface area contributed by atoms with Gasteiger partial charge in [0.25, 0.3) is 0 Å². The van der Waals surface area contributed by atoms with Gasteiger partial charge in [-0.3, -0.25) is 14.7 Å². The van der Waals surface area contributed by atoms with Crippen molar-refractivity contribution in [2.45, 2.75) is 24.5 Å².